The van der Waals surface area contributed by atoms with Crippen LogP contribution in [0.25, 0.3) is 6.08 Å². The number of halogens is 2. The third-order valence-corrected chi connectivity index (χ3v) is 5.01. The quantitative estimate of drug-likeness (QED) is 0.374. The number of hydrazine groups is 1. The van der Waals surface area contributed by atoms with Gasteiger partial charge in [0, 0.05) is 29.0 Å². The minimum Gasteiger partial charge on any atom is -0.356 e. The minimum absolute atomic E-state index is 0.0892. The molecule has 0 unspecified atom stereocenters. The van der Waals surface area contributed by atoms with Crippen LogP contribution in [0.5, 0.6) is 0 Å². The van der Waals surface area contributed by atoms with Gasteiger partial charge in [-0.1, -0.05) is 12.1 Å². The Hall–Kier alpha value is -3.31. The van der Waals surface area contributed by atoms with Gasteiger partial charge in [-0.25, -0.2) is 9.37 Å². The molecule has 0 aliphatic heterocycles. The fourth-order valence-corrected chi connectivity index (χ4v) is 3.57. The Kier molecular flexibility index (Phi) is 6.75. The van der Waals surface area contributed by atoms with E-state index in [0.717, 1.165) is 16.2 Å². The molecule has 3 N–H and O–H groups in total. The van der Waals surface area contributed by atoms with E-state index in [1.807, 2.05) is 0 Å². The van der Waals surface area contributed by atoms with E-state index in [1.165, 1.54) is 37.3 Å². The zero-order valence-corrected chi connectivity index (χ0v) is 17.9. The van der Waals surface area contributed by atoms with Crippen molar-refractivity contribution in [1.82, 2.24) is 20.8 Å². The summed E-state index contributed by atoms with van der Waals surface area (Å²) in [5.41, 5.74) is 5.26. The number of hydrogen-bond acceptors (Lipinski definition) is 5. The summed E-state index contributed by atoms with van der Waals surface area (Å²) in [6.07, 6.45) is 4.17. The minimum atomic E-state index is -0.582. The third kappa shape index (κ3) is 5.19. The van der Waals surface area contributed by atoms with Gasteiger partial charge in [0.1, 0.15) is 11.5 Å². The van der Waals surface area contributed by atoms with Crippen LogP contribution in [0.1, 0.15) is 23.1 Å². The van der Waals surface area contributed by atoms with E-state index in [2.05, 4.69) is 36.7 Å². The average Bonchev–Trinajstić information content (AvgIpc) is 3.35. The van der Waals surface area contributed by atoms with Crippen molar-refractivity contribution in [3.8, 4) is 0 Å². The number of H-pyrrole nitrogens is 1. The largest absolute Gasteiger partial charge is 0.356 e. The lowest BCUT2D eigenvalue weighted by molar-refractivity contribution is -0.117. The Bertz CT molecular complexity index is 1130. The average molecular weight is 492 g/mol. The summed E-state index contributed by atoms with van der Waals surface area (Å²) in [5, 5.41) is 1.88. The molecule has 0 bridgehead atoms. The van der Waals surface area contributed by atoms with Gasteiger partial charge in [-0.15, -0.1) is 11.3 Å². The monoisotopic (exact) mass is 491 g/mol. The molecule has 0 spiro atoms. The van der Waals surface area contributed by atoms with Crippen molar-refractivity contribution < 1.29 is 18.8 Å². The number of carbonyl (C=O) groups excluding carboxylic acids is 3. The number of thiazole rings is 1. The van der Waals surface area contributed by atoms with Crippen LogP contribution in [-0.4, -0.2) is 27.7 Å². The van der Waals surface area contributed by atoms with Crippen LogP contribution in [0.15, 0.2) is 52.5 Å². The molecule has 0 fully saturated rings. The molecule has 0 saturated heterocycles. The molecule has 2 aromatic heterocycles. The van der Waals surface area contributed by atoms with Crippen LogP contribution in [0, 0.1) is 5.82 Å². The van der Waals surface area contributed by atoms with Gasteiger partial charge in [0.25, 0.3) is 11.8 Å². The predicted molar refractivity (Wildman–Crippen MR) is 114 cm³/mol. The van der Waals surface area contributed by atoms with Crippen LogP contribution >= 0.6 is 27.3 Å². The second kappa shape index (κ2) is 9.46. The van der Waals surface area contributed by atoms with Crippen LogP contribution < -0.4 is 15.8 Å². The molecule has 0 saturated carbocycles. The molecule has 3 amide bonds. The van der Waals surface area contributed by atoms with Crippen LogP contribution in [0.4, 0.5) is 15.2 Å². The summed E-state index contributed by atoms with van der Waals surface area (Å²) in [6, 6.07) is 7.44. The lowest BCUT2D eigenvalue weighted by Gasteiger charge is -2.18. The van der Waals surface area contributed by atoms with Crippen LogP contribution in [-0.2, 0) is 9.59 Å². The molecular formula is C19H15BrFN5O3S. The van der Waals surface area contributed by atoms with Gasteiger partial charge in [-0.2, -0.15) is 0 Å². The first kappa shape index (κ1) is 21.4. The van der Waals surface area contributed by atoms with Crippen molar-refractivity contribution in [2.24, 2.45) is 0 Å². The maximum atomic E-state index is 14.1. The summed E-state index contributed by atoms with van der Waals surface area (Å²) in [7, 11) is 0. The van der Waals surface area contributed by atoms with Gasteiger partial charge in [0.2, 0.25) is 5.91 Å². The van der Waals surface area contributed by atoms with E-state index in [9.17, 15) is 18.8 Å². The van der Waals surface area contributed by atoms with E-state index >= 15 is 0 Å². The summed E-state index contributed by atoms with van der Waals surface area (Å²) in [6.45, 7) is 1.31. The highest BCUT2D eigenvalue weighted by atomic mass is 79.9. The van der Waals surface area contributed by atoms with E-state index in [4.69, 9.17) is 0 Å². The van der Waals surface area contributed by atoms with Crippen molar-refractivity contribution in [2.45, 2.75) is 6.92 Å². The van der Waals surface area contributed by atoms with E-state index in [-0.39, 0.29) is 16.5 Å². The highest BCUT2D eigenvalue weighted by Crippen LogP contribution is 2.30. The normalized spacial score (nSPS) is 10.8. The van der Waals surface area contributed by atoms with Crippen molar-refractivity contribution in [2.75, 3.05) is 4.90 Å². The van der Waals surface area contributed by atoms with Gasteiger partial charge in [-0.05, 0) is 40.2 Å². The molecule has 8 nitrogen and oxygen atoms in total. The highest BCUT2D eigenvalue weighted by Gasteiger charge is 2.20. The molecule has 0 aliphatic carbocycles. The summed E-state index contributed by atoms with van der Waals surface area (Å²) < 4.78 is 14.8. The second-order valence-electron chi connectivity index (χ2n) is 5.87. The van der Waals surface area contributed by atoms with Gasteiger partial charge >= 0.3 is 0 Å². The number of benzene rings is 1. The number of amides is 3. The molecular weight excluding hydrogens is 477 g/mol. The maximum absolute atomic E-state index is 14.1. The summed E-state index contributed by atoms with van der Waals surface area (Å²) >= 11 is 4.33. The van der Waals surface area contributed by atoms with Crippen molar-refractivity contribution in [3.63, 3.8) is 0 Å². The molecule has 154 valence electrons. The van der Waals surface area contributed by atoms with Gasteiger partial charge < -0.3 is 4.98 Å². The number of hydrogen-bond donors (Lipinski definition) is 3. The number of para-hydroxylation sites is 1. The Balaban J connectivity index is 1.64. The molecule has 11 heteroatoms. The number of anilines is 2. The number of aromatic amines is 1. The van der Waals surface area contributed by atoms with Crippen LogP contribution in [0.3, 0.4) is 0 Å². The van der Waals surface area contributed by atoms with E-state index in [1.54, 1.807) is 23.7 Å². The zero-order chi connectivity index (χ0) is 21.7. The number of rotatable bonds is 5. The number of carbonyl (C=O) groups is 3. The lowest BCUT2D eigenvalue weighted by Crippen LogP contribution is -2.40. The van der Waals surface area contributed by atoms with Crippen molar-refractivity contribution in [1.29, 1.82) is 0 Å². The molecule has 1 aromatic carbocycles. The predicted octanol–water partition coefficient (Wildman–Crippen LogP) is 3.53. The van der Waals surface area contributed by atoms with Crippen molar-refractivity contribution in [3.05, 3.63) is 69.7 Å². The van der Waals surface area contributed by atoms with Crippen LogP contribution in [0.2, 0.25) is 0 Å². The summed E-state index contributed by atoms with van der Waals surface area (Å²) in [5.74, 6) is -2.05. The smallest absolute Gasteiger partial charge is 0.286 e. The molecule has 2 heterocycles. The lowest BCUT2D eigenvalue weighted by atomic mass is 10.3. The van der Waals surface area contributed by atoms with E-state index < -0.39 is 23.5 Å². The highest BCUT2D eigenvalue weighted by molar-refractivity contribution is 9.10. The van der Waals surface area contributed by atoms with Gasteiger partial charge in [0.15, 0.2) is 5.13 Å². The van der Waals surface area contributed by atoms with Crippen molar-refractivity contribution >= 4 is 61.9 Å². The van der Waals surface area contributed by atoms with Gasteiger partial charge in [0.05, 0.1) is 11.4 Å². The molecule has 3 rings (SSSR count). The Morgan fingerprint density at radius 1 is 1.27 bits per heavy atom. The first-order valence-corrected chi connectivity index (χ1v) is 10.2. The number of nitrogens with one attached hydrogen (secondary N) is 3. The number of nitrogens with zero attached hydrogens (tertiary/aromatic N) is 2. The number of aromatic nitrogens is 2. The standard InChI is InChI=1S/C19H15BrFN5O3S/c1-11(27)26(16-5-3-2-4-14(16)21)19-23-13(10-30-19)6-7-17(28)24-25-18(29)15-8-12(20)9-22-15/h2-10,22H,1H3,(H,24,28)(H,25,29)/b7-6+. The molecule has 3 aromatic rings. The molecule has 30 heavy (non-hydrogen) atoms. The molecule has 0 aliphatic rings. The third-order valence-electron chi connectivity index (χ3n) is 3.71. The second-order valence-corrected chi connectivity index (χ2v) is 7.62. The fourth-order valence-electron chi connectivity index (χ4n) is 2.38. The summed E-state index contributed by atoms with van der Waals surface area (Å²) in [4.78, 5) is 43.9. The topological polar surface area (TPSA) is 107 Å². The fraction of sp³-hybridized carbons (Fsp3) is 0.0526. The first-order valence-electron chi connectivity index (χ1n) is 8.48. The van der Waals surface area contributed by atoms with E-state index in [0.29, 0.717) is 10.2 Å². The Morgan fingerprint density at radius 3 is 2.70 bits per heavy atom. The SMILES string of the molecule is CC(=O)N(c1nc(/C=C/C(=O)NNC(=O)c2cc(Br)c[nH]2)cs1)c1ccccc1F. The Labute approximate surface area is 182 Å². The van der Waals surface area contributed by atoms with Gasteiger partial charge in [-0.3, -0.25) is 30.1 Å². The maximum Gasteiger partial charge on any atom is 0.286 e. The Morgan fingerprint density at radius 2 is 2.03 bits per heavy atom. The first-order chi connectivity index (χ1) is 14.3. The molecule has 0 radical (unpaired) electrons. The molecule has 0 atom stereocenters. The zero-order valence-electron chi connectivity index (χ0n) is 15.5.